The van der Waals surface area contributed by atoms with E-state index in [1.807, 2.05) is 30.3 Å². The van der Waals surface area contributed by atoms with Crippen molar-refractivity contribution in [3.63, 3.8) is 0 Å². The van der Waals surface area contributed by atoms with Gasteiger partial charge in [-0.05, 0) is 18.2 Å². The summed E-state index contributed by atoms with van der Waals surface area (Å²) in [5.74, 6) is 0. The summed E-state index contributed by atoms with van der Waals surface area (Å²) in [6.45, 7) is 0. The van der Waals surface area contributed by atoms with Gasteiger partial charge in [0.1, 0.15) is 0 Å². The molecule has 3 rings (SSSR count). The van der Waals surface area contributed by atoms with Gasteiger partial charge in [-0.2, -0.15) is 0 Å². The zero-order valence-corrected chi connectivity index (χ0v) is 8.92. The number of rotatable bonds is 1. The highest BCUT2D eigenvalue weighted by molar-refractivity contribution is 5.83. The van der Waals surface area contributed by atoms with E-state index in [1.54, 1.807) is 12.3 Å². The molecular weight excluding hydrogens is 214 g/mol. The van der Waals surface area contributed by atoms with E-state index in [1.165, 1.54) is 6.20 Å². The van der Waals surface area contributed by atoms with Crippen LogP contribution in [0.1, 0.15) is 0 Å². The highest BCUT2D eigenvalue weighted by atomic mass is 16.1. The first-order valence-electron chi connectivity index (χ1n) is 5.23. The minimum absolute atomic E-state index is 0.344. The number of pyridine rings is 1. The van der Waals surface area contributed by atoms with Crippen molar-refractivity contribution in [2.45, 2.75) is 0 Å². The Labute approximate surface area is 97.0 Å². The molecule has 17 heavy (non-hydrogen) atoms. The average Bonchev–Trinajstić information content (AvgIpc) is 2.38. The molecule has 3 aromatic rings. The largest absolute Gasteiger partial charge is 0.345 e. The van der Waals surface area contributed by atoms with Gasteiger partial charge in [-0.25, -0.2) is 9.78 Å². The van der Waals surface area contributed by atoms with Gasteiger partial charge in [0.05, 0.1) is 11.2 Å². The van der Waals surface area contributed by atoms with Crippen LogP contribution in [-0.4, -0.2) is 15.0 Å². The Morgan fingerprint density at radius 2 is 1.94 bits per heavy atom. The van der Waals surface area contributed by atoms with E-state index in [4.69, 9.17) is 0 Å². The first-order valence-corrected chi connectivity index (χ1v) is 5.23. The van der Waals surface area contributed by atoms with Crippen LogP contribution in [0.4, 0.5) is 0 Å². The van der Waals surface area contributed by atoms with Crippen molar-refractivity contribution in [2.75, 3.05) is 0 Å². The van der Waals surface area contributed by atoms with Crippen LogP contribution < -0.4 is 5.69 Å². The topological polar surface area (TPSA) is 58.6 Å². The molecule has 0 amide bonds. The molecule has 0 fully saturated rings. The van der Waals surface area contributed by atoms with E-state index in [0.29, 0.717) is 0 Å². The molecule has 0 spiro atoms. The lowest BCUT2D eigenvalue weighted by Gasteiger charge is -2.02. The van der Waals surface area contributed by atoms with Gasteiger partial charge in [0.25, 0.3) is 0 Å². The van der Waals surface area contributed by atoms with Gasteiger partial charge in [-0.3, -0.25) is 4.98 Å². The Bertz CT molecular complexity index is 734. The summed E-state index contributed by atoms with van der Waals surface area (Å²) in [7, 11) is 0. The van der Waals surface area contributed by atoms with E-state index in [2.05, 4.69) is 15.0 Å². The van der Waals surface area contributed by atoms with Gasteiger partial charge in [-0.1, -0.05) is 18.2 Å². The summed E-state index contributed by atoms with van der Waals surface area (Å²) in [5.41, 5.74) is 2.24. The Morgan fingerprint density at radius 1 is 1.00 bits per heavy atom. The number of fused-ring (bicyclic) bond motifs is 1. The van der Waals surface area contributed by atoms with Crippen LogP contribution in [0.2, 0.25) is 0 Å². The molecular formula is C13H9N3O. The van der Waals surface area contributed by atoms with Crippen LogP contribution in [0.25, 0.3) is 22.2 Å². The van der Waals surface area contributed by atoms with E-state index < -0.39 is 0 Å². The maximum atomic E-state index is 11.1. The first kappa shape index (κ1) is 9.72. The molecule has 82 valence electrons. The predicted octanol–water partition coefficient (Wildman–Crippen LogP) is 1.99. The van der Waals surface area contributed by atoms with Crippen molar-refractivity contribution in [3.8, 4) is 11.3 Å². The number of hydrogen-bond acceptors (Lipinski definition) is 3. The summed E-state index contributed by atoms with van der Waals surface area (Å²) in [6.07, 6.45) is 3.25. The lowest BCUT2D eigenvalue weighted by Crippen LogP contribution is -2.09. The SMILES string of the molecule is O=c1nccc(-c2ccc3cccnc3c2)[nH]1. The average molecular weight is 223 g/mol. The minimum atomic E-state index is -0.344. The highest BCUT2D eigenvalue weighted by Gasteiger charge is 2.00. The number of aromatic nitrogens is 3. The Balaban J connectivity index is 2.21. The monoisotopic (exact) mass is 223 g/mol. The quantitative estimate of drug-likeness (QED) is 0.686. The van der Waals surface area contributed by atoms with E-state index >= 15 is 0 Å². The van der Waals surface area contributed by atoms with Crippen molar-refractivity contribution >= 4 is 10.9 Å². The summed E-state index contributed by atoms with van der Waals surface area (Å²) in [6, 6.07) is 11.6. The molecule has 0 aliphatic carbocycles. The van der Waals surface area contributed by atoms with Gasteiger partial charge in [0.15, 0.2) is 0 Å². The third-order valence-corrected chi connectivity index (χ3v) is 2.59. The van der Waals surface area contributed by atoms with Crippen molar-refractivity contribution in [1.82, 2.24) is 15.0 Å². The number of nitrogens with one attached hydrogen (secondary N) is 1. The molecule has 0 radical (unpaired) electrons. The fourth-order valence-electron chi connectivity index (χ4n) is 1.77. The van der Waals surface area contributed by atoms with Crippen LogP contribution in [-0.2, 0) is 0 Å². The molecule has 4 nitrogen and oxygen atoms in total. The van der Waals surface area contributed by atoms with E-state index in [-0.39, 0.29) is 5.69 Å². The Kier molecular flexibility index (Phi) is 2.19. The van der Waals surface area contributed by atoms with Crippen LogP contribution in [0, 0.1) is 0 Å². The fourth-order valence-corrected chi connectivity index (χ4v) is 1.77. The van der Waals surface area contributed by atoms with Gasteiger partial charge >= 0.3 is 5.69 Å². The normalized spacial score (nSPS) is 10.6. The van der Waals surface area contributed by atoms with Gasteiger partial charge < -0.3 is 4.98 Å². The number of aromatic amines is 1. The summed E-state index contributed by atoms with van der Waals surface area (Å²) < 4.78 is 0. The molecule has 0 aliphatic rings. The van der Waals surface area contributed by atoms with E-state index in [0.717, 1.165) is 22.2 Å². The fraction of sp³-hybridized carbons (Fsp3) is 0. The van der Waals surface area contributed by atoms with Crippen molar-refractivity contribution < 1.29 is 0 Å². The van der Waals surface area contributed by atoms with Crippen LogP contribution in [0.5, 0.6) is 0 Å². The van der Waals surface area contributed by atoms with Crippen molar-refractivity contribution in [2.24, 2.45) is 0 Å². The molecule has 0 saturated carbocycles. The second kappa shape index (κ2) is 3.83. The molecule has 0 aliphatic heterocycles. The maximum absolute atomic E-state index is 11.1. The Morgan fingerprint density at radius 3 is 2.82 bits per heavy atom. The minimum Gasteiger partial charge on any atom is -0.305 e. The predicted molar refractivity (Wildman–Crippen MR) is 65.6 cm³/mol. The zero-order chi connectivity index (χ0) is 11.7. The van der Waals surface area contributed by atoms with Gasteiger partial charge in [0.2, 0.25) is 0 Å². The molecule has 2 heterocycles. The molecule has 1 aromatic carbocycles. The molecule has 1 N–H and O–H groups in total. The highest BCUT2D eigenvalue weighted by Crippen LogP contribution is 2.20. The molecule has 2 aromatic heterocycles. The smallest absolute Gasteiger partial charge is 0.305 e. The maximum Gasteiger partial charge on any atom is 0.345 e. The summed E-state index contributed by atoms with van der Waals surface area (Å²) in [4.78, 5) is 21.7. The molecule has 0 bridgehead atoms. The molecule has 0 saturated heterocycles. The van der Waals surface area contributed by atoms with Crippen LogP contribution in [0.3, 0.4) is 0 Å². The van der Waals surface area contributed by atoms with E-state index in [9.17, 15) is 4.79 Å². The van der Waals surface area contributed by atoms with Crippen LogP contribution >= 0.6 is 0 Å². The molecule has 0 atom stereocenters. The Hall–Kier alpha value is -2.49. The van der Waals surface area contributed by atoms with Crippen molar-refractivity contribution in [3.05, 3.63) is 59.3 Å². The number of H-pyrrole nitrogens is 1. The lowest BCUT2D eigenvalue weighted by atomic mass is 10.1. The summed E-state index contributed by atoms with van der Waals surface area (Å²) >= 11 is 0. The van der Waals surface area contributed by atoms with Gasteiger partial charge in [-0.15, -0.1) is 0 Å². The standard InChI is InChI=1S/C13H9N3O/c17-13-15-7-5-11(16-13)10-4-3-9-2-1-6-14-12(9)8-10/h1-8H,(H,15,16,17). The second-order valence-electron chi connectivity index (χ2n) is 3.70. The third-order valence-electron chi connectivity index (χ3n) is 2.59. The lowest BCUT2D eigenvalue weighted by molar-refractivity contribution is 1.08. The zero-order valence-electron chi connectivity index (χ0n) is 8.92. The molecule has 4 heteroatoms. The number of nitrogens with zero attached hydrogens (tertiary/aromatic N) is 2. The third kappa shape index (κ3) is 1.80. The summed E-state index contributed by atoms with van der Waals surface area (Å²) in [5, 5.41) is 1.08. The second-order valence-corrected chi connectivity index (χ2v) is 3.70. The van der Waals surface area contributed by atoms with Crippen LogP contribution in [0.15, 0.2) is 53.6 Å². The van der Waals surface area contributed by atoms with Crippen molar-refractivity contribution in [1.29, 1.82) is 0 Å². The van der Waals surface area contributed by atoms with Gasteiger partial charge in [0, 0.05) is 23.3 Å². The number of benzene rings is 1. The molecule has 0 unspecified atom stereocenters. The number of hydrogen-bond donors (Lipinski definition) is 1. The first-order chi connectivity index (χ1) is 8.33.